The summed E-state index contributed by atoms with van der Waals surface area (Å²) in [4.78, 5) is 0. The van der Waals surface area contributed by atoms with Crippen LogP contribution in [0.2, 0.25) is 0 Å². The molecule has 5 N–H and O–H groups in total. The lowest BCUT2D eigenvalue weighted by Gasteiger charge is -2.03. The molecule has 0 heterocycles. The van der Waals surface area contributed by atoms with Crippen molar-refractivity contribution in [1.82, 2.24) is 5.32 Å². The second-order valence-electron chi connectivity index (χ2n) is 6.41. The first-order valence-corrected chi connectivity index (χ1v) is 9.89. The van der Waals surface area contributed by atoms with Gasteiger partial charge in [-0.25, -0.2) is 0 Å². The second-order valence-corrected chi connectivity index (χ2v) is 6.41. The van der Waals surface area contributed by atoms with Crippen LogP contribution in [0.4, 0.5) is 0 Å². The third-order valence-corrected chi connectivity index (χ3v) is 4.28. The van der Waals surface area contributed by atoms with Gasteiger partial charge in [-0.15, -0.1) is 0 Å². The van der Waals surface area contributed by atoms with Crippen molar-refractivity contribution in [1.29, 1.82) is 0 Å². The van der Waals surface area contributed by atoms with Gasteiger partial charge in [-0.3, -0.25) is 11.7 Å². The topological polar surface area (TPSA) is 64.1 Å². The molecule has 0 bridgehead atoms. The van der Waals surface area contributed by atoms with Crippen LogP contribution >= 0.6 is 0 Å². The first kappa shape index (κ1) is 24.1. The summed E-state index contributed by atoms with van der Waals surface area (Å²) < 4.78 is 0. The first-order chi connectivity index (χ1) is 10.9. The monoisotopic (exact) mass is 315 g/mol. The molecule has 0 aliphatic rings. The molecule has 22 heavy (non-hydrogen) atoms. The quantitative estimate of drug-likeness (QED) is 0.194. The standard InChI is InChI=1S/C19H41N.H4N2/c1-3-4-5-6-7-8-9-10-11-12-13-14-15-16-17-18-19-20-2;1-2/h20H,3-19H2,1-2H3;1-2H2. The summed E-state index contributed by atoms with van der Waals surface area (Å²) in [5.41, 5.74) is 0. The number of nitrogens with two attached hydrogens (primary N) is 2. The Hall–Kier alpha value is -0.120. The molecule has 0 atom stereocenters. The number of unbranched alkanes of at least 4 members (excludes halogenated alkanes) is 15. The van der Waals surface area contributed by atoms with Gasteiger partial charge in [-0.2, -0.15) is 0 Å². The van der Waals surface area contributed by atoms with Crippen molar-refractivity contribution >= 4 is 0 Å². The average Bonchev–Trinajstić information content (AvgIpc) is 2.56. The lowest BCUT2D eigenvalue weighted by Crippen LogP contribution is -2.06. The van der Waals surface area contributed by atoms with Crippen LogP contribution in [0.1, 0.15) is 110 Å². The third-order valence-electron chi connectivity index (χ3n) is 4.28. The molecular weight excluding hydrogens is 270 g/mol. The Kier molecular flexibility index (Phi) is 28.3. The van der Waals surface area contributed by atoms with E-state index in [9.17, 15) is 0 Å². The minimum atomic E-state index is 1.19. The van der Waals surface area contributed by atoms with E-state index in [1.165, 1.54) is 109 Å². The van der Waals surface area contributed by atoms with E-state index >= 15 is 0 Å². The van der Waals surface area contributed by atoms with Gasteiger partial charge in [-0.05, 0) is 20.0 Å². The number of nitrogens with one attached hydrogen (secondary N) is 1. The lowest BCUT2D eigenvalue weighted by molar-refractivity contribution is 0.528. The van der Waals surface area contributed by atoms with Gasteiger partial charge in [0.1, 0.15) is 0 Å². The molecule has 0 saturated heterocycles. The van der Waals surface area contributed by atoms with Crippen molar-refractivity contribution < 1.29 is 0 Å². The molecule has 136 valence electrons. The molecular formula is C19H45N3. The van der Waals surface area contributed by atoms with Gasteiger partial charge >= 0.3 is 0 Å². The zero-order valence-corrected chi connectivity index (χ0v) is 15.7. The highest BCUT2D eigenvalue weighted by atomic mass is 15.0. The van der Waals surface area contributed by atoms with Gasteiger partial charge in [0.25, 0.3) is 0 Å². The van der Waals surface area contributed by atoms with E-state index in [0.29, 0.717) is 0 Å². The SMILES string of the molecule is CCCCCCCCCCCCCCCCCCNC.NN. The average molecular weight is 316 g/mol. The molecule has 0 unspecified atom stereocenters. The molecule has 0 aromatic rings. The van der Waals surface area contributed by atoms with E-state index in [0.717, 1.165) is 0 Å². The maximum atomic E-state index is 4.00. The molecule has 0 saturated carbocycles. The molecule has 3 nitrogen and oxygen atoms in total. The minimum absolute atomic E-state index is 1.19. The molecule has 0 rings (SSSR count). The van der Waals surface area contributed by atoms with Crippen molar-refractivity contribution in [2.75, 3.05) is 13.6 Å². The molecule has 0 aliphatic carbocycles. The largest absolute Gasteiger partial charge is 0.320 e. The maximum absolute atomic E-state index is 4.00. The Bertz CT molecular complexity index is 145. The molecule has 0 aliphatic heterocycles. The third kappa shape index (κ3) is 24.9. The predicted molar refractivity (Wildman–Crippen MR) is 102 cm³/mol. The smallest absolute Gasteiger partial charge is 0.00519 e. The summed E-state index contributed by atoms with van der Waals surface area (Å²) in [5, 5.41) is 3.22. The zero-order valence-electron chi connectivity index (χ0n) is 15.7. The maximum Gasteiger partial charge on any atom is -0.00519 e. The minimum Gasteiger partial charge on any atom is -0.320 e. The summed E-state index contributed by atoms with van der Waals surface area (Å²) in [6.45, 7) is 3.49. The van der Waals surface area contributed by atoms with Crippen molar-refractivity contribution in [3.05, 3.63) is 0 Å². The Labute approximate surface area is 141 Å². The zero-order chi connectivity index (χ0) is 16.7. The van der Waals surface area contributed by atoms with Gasteiger partial charge in [0.15, 0.2) is 0 Å². The summed E-state index contributed by atoms with van der Waals surface area (Å²) in [5.74, 6) is 8.00. The van der Waals surface area contributed by atoms with Crippen molar-refractivity contribution in [2.24, 2.45) is 11.7 Å². The second kappa shape index (κ2) is 25.8. The normalized spacial score (nSPS) is 10.4. The van der Waals surface area contributed by atoms with Crippen LogP contribution in [0.25, 0.3) is 0 Å². The summed E-state index contributed by atoms with van der Waals surface area (Å²) >= 11 is 0. The lowest BCUT2D eigenvalue weighted by atomic mass is 10.0. The molecule has 0 aromatic heterocycles. The van der Waals surface area contributed by atoms with Crippen LogP contribution in [0.15, 0.2) is 0 Å². The fourth-order valence-electron chi connectivity index (χ4n) is 2.85. The Morgan fingerprint density at radius 3 is 1.05 bits per heavy atom. The Morgan fingerprint density at radius 1 is 0.500 bits per heavy atom. The summed E-state index contributed by atoms with van der Waals surface area (Å²) in [7, 11) is 2.05. The van der Waals surface area contributed by atoms with Crippen LogP contribution in [0.3, 0.4) is 0 Å². The molecule has 0 radical (unpaired) electrons. The van der Waals surface area contributed by atoms with Crippen LogP contribution in [0.5, 0.6) is 0 Å². The van der Waals surface area contributed by atoms with Crippen LogP contribution in [-0.2, 0) is 0 Å². The van der Waals surface area contributed by atoms with E-state index < -0.39 is 0 Å². The fourth-order valence-corrected chi connectivity index (χ4v) is 2.85. The first-order valence-electron chi connectivity index (χ1n) is 9.89. The van der Waals surface area contributed by atoms with Crippen molar-refractivity contribution in [3.63, 3.8) is 0 Å². The molecule has 0 aromatic carbocycles. The number of rotatable bonds is 17. The number of hydrogen-bond acceptors (Lipinski definition) is 3. The van der Waals surface area contributed by atoms with Crippen molar-refractivity contribution in [2.45, 2.75) is 110 Å². The van der Waals surface area contributed by atoms with Crippen LogP contribution < -0.4 is 17.0 Å². The molecule has 0 amide bonds. The summed E-state index contributed by atoms with van der Waals surface area (Å²) in [6.07, 6.45) is 23.2. The van der Waals surface area contributed by atoms with E-state index in [2.05, 4.69) is 23.9 Å². The van der Waals surface area contributed by atoms with Gasteiger partial charge < -0.3 is 5.32 Å². The van der Waals surface area contributed by atoms with Gasteiger partial charge in [-0.1, -0.05) is 103 Å². The van der Waals surface area contributed by atoms with Crippen molar-refractivity contribution in [3.8, 4) is 0 Å². The molecule has 0 fully saturated rings. The highest BCUT2D eigenvalue weighted by molar-refractivity contribution is 4.50. The van der Waals surface area contributed by atoms with E-state index in [1.54, 1.807) is 0 Å². The number of hydrazine groups is 1. The highest BCUT2D eigenvalue weighted by Crippen LogP contribution is 2.13. The van der Waals surface area contributed by atoms with Crippen LogP contribution in [0, 0.1) is 0 Å². The van der Waals surface area contributed by atoms with Gasteiger partial charge in [0.05, 0.1) is 0 Å². The van der Waals surface area contributed by atoms with Gasteiger partial charge in [0, 0.05) is 0 Å². The number of hydrogen-bond donors (Lipinski definition) is 3. The van der Waals surface area contributed by atoms with E-state index in [-0.39, 0.29) is 0 Å². The van der Waals surface area contributed by atoms with Gasteiger partial charge in [0.2, 0.25) is 0 Å². The Balaban J connectivity index is 0. The fraction of sp³-hybridized carbons (Fsp3) is 1.00. The van der Waals surface area contributed by atoms with E-state index in [1.807, 2.05) is 7.05 Å². The summed E-state index contributed by atoms with van der Waals surface area (Å²) in [6, 6.07) is 0. The molecule has 3 heteroatoms. The Morgan fingerprint density at radius 2 is 0.773 bits per heavy atom. The predicted octanol–water partition coefficient (Wildman–Crippen LogP) is 5.29. The van der Waals surface area contributed by atoms with Crippen LogP contribution in [-0.4, -0.2) is 13.6 Å². The molecule has 0 spiro atoms. The van der Waals surface area contributed by atoms with E-state index in [4.69, 9.17) is 0 Å². The highest BCUT2D eigenvalue weighted by Gasteiger charge is 1.94.